The SMILES string of the molecule is CN(C)C1(C[N])CCCC1. The first-order chi connectivity index (χ1) is 4.71. The number of nitrogens with zero attached hydrogens (tertiary/aromatic N) is 2. The Hall–Kier alpha value is -0.0800. The van der Waals surface area contributed by atoms with Crippen LogP contribution in [0.2, 0.25) is 0 Å². The molecule has 1 rings (SSSR count). The molecule has 58 valence electrons. The van der Waals surface area contributed by atoms with Crippen LogP contribution in [0.1, 0.15) is 25.7 Å². The Morgan fingerprint density at radius 1 is 1.30 bits per heavy atom. The molecule has 2 nitrogen and oxygen atoms in total. The van der Waals surface area contributed by atoms with Gasteiger partial charge in [0.25, 0.3) is 0 Å². The van der Waals surface area contributed by atoms with Gasteiger partial charge in [-0.3, -0.25) is 0 Å². The first-order valence-corrected chi connectivity index (χ1v) is 3.99. The van der Waals surface area contributed by atoms with Gasteiger partial charge in [0.2, 0.25) is 0 Å². The second-order valence-electron chi connectivity index (χ2n) is 3.48. The molecule has 1 aliphatic rings. The van der Waals surface area contributed by atoms with Crippen molar-refractivity contribution in [2.75, 3.05) is 20.6 Å². The Bertz CT molecular complexity index is 104. The quantitative estimate of drug-likeness (QED) is 0.560. The normalized spacial score (nSPS) is 24.0. The van der Waals surface area contributed by atoms with Crippen LogP contribution >= 0.6 is 0 Å². The van der Waals surface area contributed by atoms with Crippen LogP contribution in [0.25, 0.3) is 0 Å². The van der Waals surface area contributed by atoms with E-state index in [1.165, 1.54) is 12.8 Å². The molecular formula is C8H16N2. The number of likely N-dealkylation sites (N-methyl/N-ethyl adjacent to an activating group) is 1. The maximum atomic E-state index is 9.15. The standard InChI is InChI=1S/C8H16N2/c1-10(2)8(7-9)5-3-4-6-8/h3-7H2,1-2H3. The lowest BCUT2D eigenvalue weighted by atomic mass is 9.97. The van der Waals surface area contributed by atoms with Crippen LogP contribution in [0, 0.1) is 0 Å². The van der Waals surface area contributed by atoms with Crippen LogP contribution in [0.4, 0.5) is 0 Å². The van der Waals surface area contributed by atoms with E-state index in [4.69, 9.17) is 5.73 Å². The van der Waals surface area contributed by atoms with Crippen LogP contribution in [0.15, 0.2) is 0 Å². The summed E-state index contributed by atoms with van der Waals surface area (Å²) in [7, 11) is 4.11. The van der Waals surface area contributed by atoms with Crippen molar-refractivity contribution < 1.29 is 0 Å². The minimum atomic E-state index is 0.125. The first-order valence-electron chi connectivity index (χ1n) is 3.99. The molecule has 0 aromatic heterocycles. The highest BCUT2D eigenvalue weighted by atomic mass is 15.2. The average Bonchev–Trinajstić information content (AvgIpc) is 2.35. The molecule has 1 aliphatic carbocycles. The molecule has 2 heteroatoms. The molecule has 10 heavy (non-hydrogen) atoms. The molecule has 0 amide bonds. The van der Waals surface area contributed by atoms with E-state index in [2.05, 4.69) is 19.0 Å². The second kappa shape index (κ2) is 2.89. The maximum absolute atomic E-state index is 9.15. The number of hydrogen-bond donors (Lipinski definition) is 0. The topological polar surface area (TPSA) is 25.5 Å². The van der Waals surface area contributed by atoms with E-state index in [0.717, 1.165) is 12.8 Å². The van der Waals surface area contributed by atoms with Gasteiger partial charge in [0, 0.05) is 5.54 Å². The predicted molar refractivity (Wildman–Crippen MR) is 41.9 cm³/mol. The van der Waals surface area contributed by atoms with Crippen LogP contribution < -0.4 is 5.73 Å². The minimum Gasteiger partial charge on any atom is -0.302 e. The number of hydrogen-bond acceptors (Lipinski definition) is 1. The molecule has 0 bridgehead atoms. The van der Waals surface area contributed by atoms with E-state index in [1.807, 2.05) is 0 Å². The summed E-state index contributed by atoms with van der Waals surface area (Å²) < 4.78 is 0. The van der Waals surface area contributed by atoms with Crippen molar-refractivity contribution in [2.24, 2.45) is 0 Å². The van der Waals surface area contributed by atoms with Crippen molar-refractivity contribution in [3.8, 4) is 0 Å². The molecule has 0 atom stereocenters. The first kappa shape index (κ1) is 8.02. The van der Waals surface area contributed by atoms with E-state index in [0.29, 0.717) is 6.54 Å². The maximum Gasteiger partial charge on any atom is 0.0506 e. The Labute approximate surface area is 63.4 Å². The summed E-state index contributed by atoms with van der Waals surface area (Å²) in [6.07, 6.45) is 4.88. The highest BCUT2D eigenvalue weighted by Crippen LogP contribution is 2.32. The average molecular weight is 140 g/mol. The lowest BCUT2D eigenvalue weighted by Crippen LogP contribution is -2.45. The zero-order valence-corrected chi connectivity index (χ0v) is 6.93. The van der Waals surface area contributed by atoms with Gasteiger partial charge in [0.1, 0.15) is 0 Å². The van der Waals surface area contributed by atoms with Crippen LogP contribution in [0.5, 0.6) is 0 Å². The van der Waals surface area contributed by atoms with Crippen LogP contribution in [-0.4, -0.2) is 31.1 Å². The summed E-state index contributed by atoms with van der Waals surface area (Å²) in [5, 5.41) is 0. The van der Waals surface area contributed by atoms with Gasteiger partial charge >= 0.3 is 0 Å². The van der Waals surface area contributed by atoms with Crippen molar-refractivity contribution in [2.45, 2.75) is 31.2 Å². The minimum absolute atomic E-state index is 0.125. The molecule has 0 heterocycles. The molecule has 0 aromatic rings. The second-order valence-corrected chi connectivity index (χ2v) is 3.48. The Balaban J connectivity index is 2.58. The van der Waals surface area contributed by atoms with Crippen LogP contribution in [-0.2, 0) is 0 Å². The highest BCUT2D eigenvalue weighted by Gasteiger charge is 2.34. The fraction of sp³-hybridized carbons (Fsp3) is 1.00. The summed E-state index contributed by atoms with van der Waals surface area (Å²) in [4.78, 5) is 2.17. The molecule has 0 aliphatic heterocycles. The monoisotopic (exact) mass is 140 g/mol. The Kier molecular flexibility index (Phi) is 2.32. The molecule has 0 aromatic carbocycles. The third-order valence-electron chi connectivity index (χ3n) is 2.78. The van der Waals surface area contributed by atoms with E-state index in [9.17, 15) is 0 Å². The van der Waals surface area contributed by atoms with Gasteiger partial charge in [-0.05, 0) is 26.9 Å². The smallest absolute Gasteiger partial charge is 0.0506 e. The molecule has 0 unspecified atom stereocenters. The summed E-state index contributed by atoms with van der Waals surface area (Å²) in [6, 6.07) is 0. The zero-order chi connectivity index (χ0) is 7.61. The molecule has 1 fully saturated rings. The highest BCUT2D eigenvalue weighted by molar-refractivity contribution is 4.92. The lowest BCUT2D eigenvalue weighted by molar-refractivity contribution is 0.165. The van der Waals surface area contributed by atoms with Crippen LogP contribution in [0.3, 0.4) is 0 Å². The fourth-order valence-corrected chi connectivity index (χ4v) is 1.78. The largest absolute Gasteiger partial charge is 0.302 e. The van der Waals surface area contributed by atoms with E-state index in [-0.39, 0.29) is 5.54 Å². The van der Waals surface area contributed by atoms with Gasteiger partial charge in [0.05, 0.1) is 6.54 Å². The third-order valence-corrected chi connectivity index (χ3v) is 2.78. The van der Waals surface area contributed by atoms with Crippen molar-refractivity contribution in [3.05, 3.63) is 0 Å². The van der Waals surface area contributed by atoms with Gasteiger partial charge in [0.15, 0.2) is 0 Å². The van der Waals surface area contributed by atoms with E-state index in [1.54, 1.807) is 0 Å². The molecule has 0 saturated heterocycles. The van der Waals surface area contributed by atoms with E-state index < -0.39 is 0 Å². The summed E-state index contributed by atoms with van der Waals surface area (Å²) in [6.45, 7) is 0.319. The molecule has 2 radical (unpaired) electrons. The molecular weight excluding hydrogens is 124 g/mol. The van der Waals surface area contributed by atoms with Gasteiger partial charge in [-0.1, -0.05) is 12.8 Å². The molecule has 0 N–H and O–H groups in total. The van der Waals surface area contributed by atoms with Crippen molar-refractivity contribution in [1.82, 2.24) is 10.6 Å². The summed E-state index contributed by atoms with van der Waals surface area (Å²) in [5.41, 5.74) is 9.27. The molecule has 1 saturated carbocycles. The lowest BCUT2D eigenvalue weighted by Gasteiger charge is -2.33. The van der Waals surface area contributed by atoms with Crippen molar-refractivity contribution in [1.29, 1.82) is 0 Å². The van der Waals surface area contributed by atoms with Gasteiger partial charge in [-0.25, -0.2) is 0 Å². The van der Waals surface area contributed by atoms with Gasteiger partial charge < -0.3 is 4.90 Å². The van der Waals surface area contributed by atoms with Crippen molar-refractivity contribution >= 4 is 0 Å². The number of rotatable bonds is 2. The fourth-order valence-electron chi connectivity index (χ4n) is 1.78. The summed E-state index contributed by atoms with van der Waals surface area (Å²) in [5.74, 6) is 0. The Morgan fingerprint density at radius 3 is 2.00 bits per heavy atom. The third kappa shape index (κ3) is 1.18. The summed E-state index contributed by atoms with van der Waals surface area (Å²) >= 11 is 0. The van der Waals surface area contributed by atoms with Gasteiger partial charge in [-0.2, -0.15) is 0 Å². The predicted octanol–water partition coefficient (Wildman–Crippen LogP) is 0.929. The molecule has 0 spiro atoms. The van der Waals surface area contributed by atoms with Crippen molar-refractivity contribution in [3.63, 3.8) is 0 Å². The van der Waals surface area contributed by atoms with Gasteiger partial charge in [-0.15, -0.1) is 5.73 Å². The zero-order valence-electron chi connectivity index (χ0n) is 6.93. The Morgan fingerprint density at radius 2 is 1.80 bits per heavy atom. The van der Waals surface area contributed by atoms with E-state index >= 15 is 0 Å².